The number of methoxy groups -OCH3 is 1. The number of hydrogen-bond acceptors (Lipinski definition) is 3. The van der Waals surface area contributed by atoms with E-state index in [1.165, 1.54) is 7.11 Å². The van der Waals surface area contributed by atoms with E-state index in [1.807, 2.05) is 6.92 Å². The third-order valence-corrected chi connectivity index (χ3v) is 2.75. The summed E-state index contributed by atoms with van der Waals surface area (Å²) < 4.78 is 4.60. The predicted octanol–water partition coefficient (Wildman–Crippen LogP) is 2.49. The normalized spacial score (nSPS) is 9.62. The molecule has 16 heavy (non-hydrogen) atoms. The Morgan fingerprint density at radius 1 is 1.50 bits per heavy atom. The van der Waals surface area contributed by atoms with E-state index in [9.17, 15) is 4.79 Å². The van der Waals surface area contributed by atoms with Gasteiger partial charge in [0.1, 0.15) is 0 Å². The minimum Gasteiger partial charge on any atom is -0.469 e. The Bertz CT molecular complexity index is 449. The molecule has 0 aromatic heterocycles. The lowest BCUT2D eigenvalue weighted by molar-refractivity contribution is -0.139. The van der Waals surface area contributed by atoms with Crippen molar-refractivity contribution in [3.63, 3.8) is 0 Å². The summed E-state index contributed by atoms with van der Waals surface area (Å²) in [6.07, 6.45) is 0.768. The number of esters is 1. The number of carbonyl (C=O) groups excluding carboxylic acids is 1. The molecule has 3 nitrogen and oxygen atoms in total. The van der Waals surface area contributed by atoms with Gasteiger partial charge in [0.2, 0.25) is 0 Å². The fourth-order valence-electron chi connectivity index (χ4n) is 1.57. The van der Waals surface area contributed by atoms with Crippen LogP contribution in [0.2, 0.25) is 5.02 Å². The average Bonchev–Trinajstić information content (AvgIpc) is 2.29. The maximum absolute atomic E-state index is 11.3. The molecule has 0 unspecified atom stereocenters. The minimum atomic E-state index is -0.367. The van der Waals surface area contributed by atoms with Gasteiger partial charge in [-0.05, 0) is 29.7 Å². The molecule has 0 saturated heterocycles. The largest absolute Gasteiger partial charge is 0.469 e. The molecule has 0 spiro atoms. The molecule has 0 aliphatic heterocycles. The van der Waals surface area contributed by atoms with Crippen molar-refractivity contribution in [1.29, 1.82) is 5.26 Å². The second-order valence-electron chi connectivity index (χ2n) is 3.27. The molecule has 0 N–H and O–H groups in total. The lowest BCUT2D eigenvalue weighted by atomic mass is 9.97. The first-order chi connectivity index (χ1) is 7.63. The molecule has 0 bridgehead atoms. The average molecular weight is 238 g/mol. The molecule has 1 rings (SSSR count). The maximum atomic E-state index is 11.3. The van der Waals surface area contributed by atoms with E-state index in [2.05, 4.69) is 10.8 Å². The Balaban J connectivity index is 3.26. The van der Waals surface area contributed by atoms with Gasteiger partial charge in [-0.3, -0.25) is 4.79 Å². The number of halogens is 1. The van der Waals surface area contributed by atoms with Crippen LogP contribution in [0.25, 0.3) is 0 Å². The molecule has 0 aliphatic rings. The molecule has 0 fully saturated rings. The zero-order valence-corrected chi connectivity index (χ0v) is 9.97. The number of hydrogen-bond donors (Lipinski definition) is 0. The van der Waals surface area contributed by atoms with Crippen LogP contribution >= 0.6 is 11.6 Å². The van der Waals surface area contributed by atoms with Gasteiger partial charge in [-0.25, -0.2) is 0 Å². The molecule has 0 heterocycles. The van der Waals surface area contributed by atoms with Crippen LogP contribution in [-0.2, 0) is 22.4 Å². The Morgan fingerprint density at radius 3 is 2.69 bits per heavy atom. The van der Waals surface area contributed by atoms with Gasteiger partial charge in [0.05, 0.1) is 25.2 Å². The molecule has 0 aliphatic carbocycles. The quantitative estimate of drug-likeness (QED) is 0.759. The van der Waals surface area contributed by atoms with Gasteiger partial charge in [-0.1, -0.05) is 18.5 Å². The Hall–Kier alpha value is -1.53. The van der Waals surface area contributed by atoms with E-state index in [1.54, 1.807) is 12.1 Å². The van der Waals surface area contributed by atoms with Gasteiger partial charge in [-0.2, -0.15) is 5.26 Å². The van der Waals surface area contributed by atoms with Gasteiger partial charge in [0.15, 0.2) is 0 Å². The number of rotatable bonds is 3. The molecule has 1 aromatic rings. The van der Waals surface area contributed by atoms with Crippen molar-refractivity contribution in [2.75, 3.05) is 7.11 Å². The van der Waals surface area contributed by atoms with Crippen LogP contribution in [0.4, 0.5) is 0 Å². The lowest BCUT2D eigenvalue weighted by Crippen LogP contribution is -2.09. The molecule has 0 amide bonds. The van der Waals surface area contributed by atoms with Crippen molar-refractivity contribution in [2.24, 2.45) is 0 Å². The minimum absolute atomic E-state index is 0.0864. The van der Waals surface area contributed by atoms with Crippen LogP contribution in [-0.4, -0.2) is 13.1 Å². The maximum Gasteiger partial charge on any atom is 0.310 e. The monoisotopic (exact) mass is 237 g/mol. The summed E-state index contributed by atoms with van der Waals surface area (Å²) in [6, 6.07) is 5.37. The highest BCUT2D eigenvalue weighted by Gasteiger charge is 2.14. The number of benzene rings is 1. The summed E-state index contributed by atoms with van der Waals surface area (Å²) >= 11 is 6.02. The first-order valence-corrected chi connectivity index (χ1v) is 5.29. The van der Waals surface area contributed by atoms with Crippen LogP contribution in [0.1, 0.15) is 23.6 Å². The second-order valence-corrected chi connectivity index (χ2v) is 3.68. The molecule has 0 radical (unpaired) electrons. The van der Waals surface area contributed by atoms with Gasteiger partial charge < -0.3 is 4.74 Å². The number of carbonyl (C=O) groups is 1. The van der Waals surface area contributed by atoms with Crippen LogP contribution in [0, 0.1) is 11.3 Å². The highest BCUT2D eigenvalue weighted by Crippen LogP contribution is 2.24. The zero-order valence-electron chi connectivity index (χ0n) is 9.21. The van der Waals surface area contributed by atoms with Crippen molar-refractivity contribution in [2.45, 2.75) is 19.8 Å². The number of nitrogens with zero attached hydrogens (tertiary/aromatic N) is 1. The molecule has 4 heteroatoms. The predicted molar refractivity (Wildman–Crippen MR) is 61.3 cm³/mol. The fraction of sp³-hybridized carbons (Fsp3) is 0.333. The summed E-state index contributed by atoms with van der Waals surface area (Å²) in [5.74, 6) is -0.367. The van der Waals surface area contributed by atoms with E-state index in [-0.39, 0.29) is 12.4 Å². The SMILES string of the molecule is CCc1c(Cl)ccc(C#N)c1CC(=O)OC. The van der Waals surface area contributed by atoms with Gasteiger partial charge in [0, 0.05) is 5.02 Å². The summed E-state index contributed by atoms with van der Waals surface area (Å²) in [5, 5.41) is 9.55. The van der Waals surface area contributed by atoms with E-state index in [4.69, 9.17) is 16.9 Å². The lowest BCUT2D eigenvalue weighted by Gasteiger charge is -2.10. The Labute approximate surface area is 99.6 Å². The fourth-order valence-corrected chi connectivity index (χ4v) is 1.88. The van der Waals surface area contributed by atoms with Crippen molar-refractivity contribution in [1.82, 2.24) is 0 Å². The molecule has 1 aromatic carbocycles. The van der Waals surface area contributed by atoms with Gasteiger partial charge in [-0.15, -0.1) is 0 Å². The Kier molecular flexibility index (Phi) is 4.33. The molecule has 84 valence electrons. The van der Waals surface area contributed by atoms with Crippen molar-refractivity contribution in [3.05, 3.63) is 33.8 Å². The summed E-state index contributed by atoms with van der Waals surface area (Å²) in [5.41, 5.74) is 1.99. The highest BCUT2D eigenvalue weighted by atomic mass is 35.5. The van der Waals surface area contributed by atoms with Gasteiger partial charge >= 0.3 is 5.97 Å². The topological polar surface area (TPSA) is 50.1 Å². The molecular weight excluding hydrogens is 226 g/mol. The van der Waals surface area contributed by atoms with Crippen LogP contribution in [0.5, 0.6) is 0 Å². The van der Waals surface area contributed by atoms with E-state index in [0.717, 1.165) is 5.56 Å². The van der Waals surface area contributed by atoms with Crippen molar-refractivity contribution in [3.8, 4) is 6.07 Å². The zero-order chi connectivity index (χ0) is 12.1. The van der Waals surface area contributed by atoms with Gasteiger partial charge in [0.25, 0.3) is 0 Å². The van der Waals surface area contributed by atoms with Crippen LogP contribution in [0.3, 0.4) is 0 Å². The first kappa shape index (κ1) is 12.5. The summed E-state index contributed by atoms with van der Waals surface area (Å²) in [6.45, 7) is 1.93. The van der Waals surface area contributed by atoms with E-state index >= 15 is 0 Å². The standard InChI is InChI=1S/C12H12ClNO2/c1-3-9-10(6-12(15)16-2)8(7-14)4-5-11(9)13/h4-5H,3,6H2,1-2H3. The second kappa shape index (κ2) is 5.53. The number of ether oxygens (including phenoxy) is 1. The number of nitriles is 1. The van der Waals surface area contributed by atoms with Crippen LogP contribution in [0.15, 0.2) is 12.1 Å². The molecule has 0 saturated carbocycles. The van der Waals surface area contributed by atoms with Crippen molar-refractivity contribution >= 4 is 17.6 Å². The van der Waals surface area contributed by atoms with Crippen LogP contribution < -0.4 is 0 Å². The summed E-state index contributed by atoms with van der Waals surface area (Å²) in [4.78, 5) is 11.3. The summed E-state index contributed by atoms with van der Waals surface area (Å²) in [7, 11) is 1.32. The van der Waals surface area contributed by atoms with E-state index in [0.29, 0.717) is 22.6 Å². The van der Waals surface area contributed by atoms with E-state index < -0.39 is 0 Å². The third-order valence-electron chi connectivity index (χ3n) is 2.40. The highest BCUT2D eigenvalue weighted by molar-refractivity contribution is 6.31. The Morgan fingerprint density at radius 2 is 2.19 bits per heavy atom. The molecular formula is C12H12ClNO2. The van der Waals surface area contributed by atoms with Crippen molar-refractivity contribution < 1.29 is 9.53 Å². The third kappa shape index (κ3) is 2.53. The first-order valence-electron chi connectivity index (χ1n) is 4.91. The smallest absolute Gasteiger partial charge is 0.310 e. The molecule has 0 atom stereocenters.